The van der Waals surface area contributed by atoms with Crippen LogP contribution in [0.25, 0.3) is 0 Å². The Morgan fingerprint density at radius 1 is 1.30 bits per heavy atom. The molecule has 0 bridgehead atoms. The van der Waals surface area contributed by atoms with E-state index in [4.69, 9.17) is 4.74 Å². The molecule has 2 unspecified atom stereocenters. The van der Waals surface area contributed by atoms with E-state index in [0.29, 0.717) is 6.54 Å². The summed E-state index contributed by atoms with van der Waals surface area (Å²) in [6.45, 7) is 7.93. The van der Waals surface area contributed by atoms with Gasteiger partial charge in [-0.25, -0.2) is 4.79 Å². The summed E-state index contributed by atoms with van der Waals surface area (Å²) in [5, 5.41) is 15.6. The number of carbonyl (C=O) groups is 1. The van der Waals surface area contributed by atoms with Gasteiger partial charge in [0.15, 0.2) is 0 Å². The number of nitrogens with one attached hydrogen (secondary N) is 2. The van der Waals surface area contributed by atoms with Crippen molar-refractivity contribution in [1.82, 2.24) is 10.6 Å². The molecule has 0 radical (unpaired) electrons. The molecule has 2 atom stereocenters. The summed E-state index contributed by atoms with van der Waals surface area (Å²) in [5.41, 5.74) is 2.11. The Morgan fingerprint density at radius 3 is 2.57 bits per heavy atom. The Balaban J connectivity index is 1.75. The third-order valence-electron chi connectivity index (χ3n) is 4.13. The third kappa shape index (κ3) is 5.52. The standard InChI is InChI=1S/C18H28N2O3/c1-18(2,3)14-8-6-13(7-9-14)16(21)12-20-17(22)19-11-15-5-4-10-23-15/h6-9,15-16,21H,4-5,10-12H2,1-3H3,(H2,19,20,22). The van der Waals surface area contributed by atoms with Crippen LogP contribution in [-0.4, -0.2) is 36.9 Å². The van der Waals surface area contributed by atoms with Gasteiger partial charge in [-0.05, 0) is 29.4 Å². The molecule has 0 aliphatic carbocycles. The Labute approximate surface area is 138 Å². The van der Waals surface area contributed by atoms with E-state index in [0.717, 1.165) is 25.0 Å². The Morgan fingerprint density at radius 2 is 2.00 bits per heavy atom. The number of amides is 2. The summed E-state index contributed by atoms with van der Waals surface area (Å²) >= 11 is 0. The van der Waals surface area contributed by atoms with Gasteiger partial charge in [0.2, 0.25) is 0 Å². The zero-order chi connectivity index (χ0) is 16.9. The summed E-state index contributed by atoms with van der Waals surface area (Å²) in [4.78, 5) is 11.7. The van der Waals surface area contributed by atoms with Gasteiger partial charge in [-0.2, -0.15) is 0 Å². The van der Waals surface area contributed by atoms with Crippen molar-refractivity contribution in [2.45, 2.75) is 51.2 Å². The number of hydrogen-bond acceptors (Lipinski definition) is 3. The van der Waals surface area contributed by atoms with E-state index < -0.39 is 6.10 Å². The Bertz CT molecular complexity index is 502. The van der Waals surface area contributed by atoms with Crippen molar-refractivity contribution in [3.63, 3.8) is 0 Å². The lowest BCUT2D eigenvalue weighted by Gasteiger charge is -2.20. The van der Waals surface area contributed by atoms with Crippen LogP contribution in [0.1, 0.15) is 50.8 Å². The number of carbonyl (C=O) groups excluding carboxylic acids is 1. The van der Waals surface area contributed by atoms with Gasteiger partial charge in [0, 0.05) is 19.7 Å². The monoisotopic (exact) mass is 320 g/mol. The first-order valence-corrected chi connectivity index (χ1v) is 8.28. The summed E-state index contributed by atoms with van der Waals surface area (Å²) in [5.74, 6) is 0. The zero-order valence-corrected chi connectivity index (χ0v) is 14.3. The number of aliphatic hydroxyl groups excluding tert-OH is 1. The minimum atomic E-state index is -0.711. The molecule has 1 aliphatic rings. The van der Waals surface area contributed by atoms with Gasteiger partial charge in [0.25, 0.3) is 0 Å². The molecule has 0 spiro atoms. The van der Waals surface area contributed by atoms with E-state index in [1.54, 1.807) is 0 Å². The van der Waals surface area contributed by atoms with Crippen LogP contribution in [0.15, 0.2) is 24.3 Å². The van der Waals surface area contributed by atoms with Gasteiger partial charge >= 0.3 is 6.03 Å². The SMILES string of the molecule is CC(C)(C)c1ccc(C(O)CNC(=O)NCC2CCCO2)cc1. The van der Waals surface area contributed by atoms with Crippen LogP contribution < -0.4 is 10.6 Å². The van der Waals surface area contributed by atoms with Gasteiger partial charge < -0.3 is 20.5 Å². The maximum atomic E-state index is 11.7. The van der Waals surface area contributed by atoms with Crippen LogP contribution in [-0.2, 0) is 10.2 Å². The third-order valence-corrected chi connectivity index (χ3v) is 4.13. The highest BCUT2D eigenvalue weighted by Crippen LogP contribution is 2.23. The van der Waals surface area contributed by atoms with Gasteiger partial charge in [0.05, 0.1) is 12.2 Å². The summed E-state index contributed by atoms with van der Waals surface area (Å²) < 4.78 is 5.44. The predicted octanol–water partition coefficient (Wildman–Crippen LogP) is 2.50. The van der Waals surface area contributed by atoms with Crippen molar-refractivity contribution in [3.8, 4) is 0 Å². The largest absolute Gasteiger partial charge is 0.387 e. The predicted molar refractivity (Wildman–Crippen MR) is 90.5 cm³/mol. The van der Waals surface area contributed by atoms with Crippen molar-refractivity contribution in [1.29, 1.82) is 0 Å². The maximum Gasteiger partial charge on any atom is 0.314 e. The molecule has 23 heavy (non-hydrogen) atoms. The highest BCUT2D eigenvalue weighted by Gasteiger charge is 2.17. The van der Waals surface area contributed by atoms with Gasteiger partial charge in [-0.15, -0.1) is 0 Å². The first-order chi connectivity index (χ1) is 10.9. The molecule has 1 aliphatic heterocycles. The summed E-state index contributed by atoms with van der Waals surface area (Å²) in [6, 6.07) is 7.60. The number of ether oxygens (including phenoxy) is 1. The van der Waals surface area contributed by atoms with Crippen molar-refractivity contribution < 1.29 is 14.6 Å². The van der Waals surface area contributed by atoms with Crippen molar-refractivity contribution in [2.75, 3.05) is 19.7 Å². The molecule has 1 fully saturated rings. The lowest BCUT2D eigenvalue weighted by atomic mass is 9.86. The van der Waals surface area contributed by atoms with Crippen LogP contribution in [0.3, 0.4) is 0 Å². The molecule has 1 aromatic carbocycles. The molecule has 0 aromatic heterocycles. The smallest absolute Gasteiger partial charge is 0.314 e. The Hall–Kier alpha value is -1.59. The van der Waals surface area contributed by atoms with Crippen LogP contribution >= 0.6 is 0 Å². The first-order valence-electron chi connectivity index (χ1n) is 8.28. The number of aliphatic hydroxyl groups is 1. The molecule has 5 heteroatoms. The van der Waals surface area contributed by atoms with Crippen molar-refractivity contribution in [2.24, 2.45) is 0 Å². The molecule has 128 valence electrons. The lowest BCUT2D eigenvalue weighted by Crippen LogP contribution is -2.41. The fourth-order valence-corrected chi connectivity index (χ4v) is 2.59. The first kappa shape index (κ1) is 17.8. The molecular weight excluding hydrogens is 292 g/mol. The Kier molecular flexibility index (Phi) is 6.02. The summed E-state index contributed by atoms with van der Waals surface area (Å²) in [6.07, 6.45) is 1.45. The number of rotatable bonds is 5. The van der Waals surface area contributed by atoms with E-state index >= 15 is 0 Å². The van der Waals surface area contributed by atoms with Gasteiger partial charge in [0.1, 0.15) is 0 Å². The highest BCUT2D eigenvalue weighted by molar-refractivity contribution is 5.73. The van der Waals surface area contributed by atoms with Crippen LogP contribution in [0, 0.1) is 0 Å². The van der Waals surface area contributed by atoms with Crippen molar-refractivity contribution >= 4 is 6.03 Å². The highest BCUT2D eigenvalue weighted by atomic mass is 16.5. The van der Waals surface area contributed by atoms with Crippen LogP contribution in [0.4, 0.5) is 4.79 Å². The fourth-order valence-electron chi connectivity index (χ4n) is 2.59. The van der Waals surface area contributed by atoms with E-state index in [1.165, 1.54) is 5.56 Å². The van der Waals surface area contributed by atoms with Crippen LogP contribution in [0.2, 0.25) is 0 Å². The molecule has 2 amide bonds. The second-order valence-corrected chi connectivity index (χ2v) is 7.11. The molecule has 1 saturated heterocycles. The molecule has 2 rings (SSSR count). The van der Waals surface area contributed by atoms with E-state index in [1.807, 2.05) is 24.3 Å². The molecule has 0 saturated carbocycles. The second-order valence-electron chi connectivity index (χ2n) is 7.11. The molecular formula is C18H28N2O3. The maximum absolute atomic E-state index is 11.7. The number of hydrogen-bond donors (Lipinski definition) is 3. The topological polar surface area (TPSA) is 70.6 Å². The minimum Gasteiger partial charge on any atom is -0.387 e. The van der Waals surface area contributed by atoms with Crippen molar-refractivity contribution in [3.05, 3.63) is 35.4 Å². The van der Waals surface area contributed by atoms with E-state index in [-0.39, 0.29) is 24.1 Å². The van der Waals surface area contributed by atoms with Crippen LogP contribution in [0.5, 0.6) is 0 Å². The van der Waals surface area contributed by atoms with Gasteiger partial charge in [-0.3, -0.25) is 0 Å². The second kappa shape index (κ2) is 7.79. The number of benzene rings is 1. The minimum absolute atomic E-state index is 0.0872. The van der Waals surface area contributed by atoms with Gasteiger partial charge in [-0.1, -0.05) is 45.0 Å². The lowest BCUT2D eigenvalue weighted by molar-refractivity contribution is 0.111. The average Bonchev–Trinajstić information content (AvgIpc) is 3.03. The molecule has 1 heterocycles. The zero-order valence-electron chi connectivity index (χ0n) is 14.3. The molecule has 3 N–H and O–H groups in total. The normalized spacial score (nSPS) is 19.4. The number of urea groups is 1. The summed E-state index contributed by atoms with van der Waals surface area (Å²) in [7, 11) is 0. The molecule has 1 aromatic rings. The van der Waals surface area contributed by atoms with E-state index in [2.05, 4.69) is 31.4 Å². The molecule has 5 nitrogen and oxygen atoms in total. The fraction of sp³-hybridized carbons (Fsp3) is 0.611. The van der Waals surface area contributed by atoms with E-state index in [9.17, 15) is 9.90 Å². The average molecular weight is 320 g/mol. The quantitative estimate of drug-likeness (QED) is 0.780.